The van der Waals surface area contributed by atoms with Crippen LogP contribution < -0.4 is 4.74 Å². The van der Waals surface area contributed by atoms with Crippen molar-refractivity contribution in [1.29, 1.82) is 0 Å². The number of halogens is 3. The lowest BCUT2D eigenvalue weighted by molar-refractivity contribution is 0.0989. The molecule has 2 aromatic rings. The SMILES string of the molecule is COc1cc(Cl)ccc1C(=O)Cc1ccc(F)cc1F. The molecule has 0 aromatic heterocycles. The average Bonchev–Trinajstić information content (AvgIpc) is 2.41. The fraction of sp³-hybridized carbons (Fsp3) is 0.133. The first-order valence-corrected chi connectivity index (χ1v) is 6.19. The summed E-state index contributed by atoms with van der Waals surface area (Å²) < 4.78 is 31.4. The second-order valence-corrected chi connectivity index (χ2v) is 4.62. The summed E-state index contributed by atoms with van der Waals surface area (Å²) >= 11 is 5.81. The molecule has 0 spiro atoms. The number of carbonyl (C=O) groups excluding carboxylic acids is 1. The fourth-order valence-electron chi connectivity index (χ4n) is 1.83. The van der Waals surface area contributed by atoms with Crippen LogP contribution in [0, 0.1) is 11.6 Å². The van der Waals surface area contributed by atoms with Crippen molar-refractivity contribution in [3.63, 3.8) is 0 Å². The van der Waals surface area contributed by atoms with Crippen molar-refractivity contribution in [1.82, 2.24) is 0 Å². The van der Waals surface area contributed by atoms with E-state index in [1.807, 2.05) is 0 Å². The van der Waals surface area contributed by atoms with Crippen LogP contribution in [0.1, 0.15) is 15.9 Å². The first-order valence-electron chi connectivity index (χ1n) is 5.82. The second kappa shape index (κ2) is 6.01. The van der Waals surface area contributed by atoms with Crippen molar-refractivity contribution in [3.8, 4) is 5.75 Å². The van der Waals surface area contributed by atoms with Gasteiger partial charge in [0.2, 0.25) is 0 Å². The van der Waals surface area contributed by atoms with E-state index in [0.717, 1.165) is 12.1 Å². The van der Waals surface area contributed by atoms with Gasteiger partial charge >= 0.3 is 0 Å². The van der Waals surface area contributed by atoms with E-state index in [2.05, 4.69) is 0 Å². The second-order valence-electron chi connectivity index (χ2n) is 4.18. The molecule has 0 amide bonds. The Bertz CT molecular complexity index is 656. The Morgan fingerprint density at radius 1 is 1.20 bits per heavy atom. The molecule has 0 aliphatic rings. The number of hydrogen-bond acceptors (Lipinski definition) is 2. The number of Topliss-reactive ketones (excluding diaryl/α,β-unsaturated/α-hetero) is 1. The van der Waals surface area contributed by atoms with Gasteiger partial charge in [0.1, 0.15) is 17.4 Å². The van der Waals surface area contributed by atoms with Crippen LogP contribution >= 0.6 is 11.6 Å². The van der Waals surface area contributed by atoms with E-state index in [1.165, 1.54) is 25.3 Å². The molecule has 0 bridgehead atoms. The molecular weight excluding hydrogens is 286 g/mol. The standard InChI is InChI=1S/C15H11ClF2O2/c1-20-15-7-10(16)3-5-12(15)14(19)6-9-2-4-11(17)8-13(9)18/h2-5,7-8H,6H2,1H3. The van der Waals surface area contributed by atoms with Crippen molar-refractivity contribution in [3.05, 3.63) is 64.2 Å². The van der Waals surface area contributed by atoms with Gasteiger partial charge < -0.3 is 4.74 Å². The van der Waals surface area contributed by atoms with Gasteiger partial charge in [0.15, 0.2) is 5.78 Å². The third-order valence-corrected chi connectivity index (χ3v) is 3.07. The Morgan fingerprint density at radius 2 is 1.95 bits per heavy atom. The maximum atomic E-state index is 13.5. The molecule has 0 fully saturated rings. The fourth-order valence-corrected chi connectivity index (χ4v) is 1.99. The van der Waals surface area contributed by atoms with E-state index in [-0.39, 0.29) is 17.8 Å². The number of rotatable bonds is 4. The molecule has 5 heteroatoms. The van der Waals surface area contributed by atoms with Crippen LogP contribution in [0.3, 0.4) is 0 Å². The van der Waals surface area contributed by atoms with Gasteiger partial charge in [-0.2, -0.15) is 0 Å². The molecule has 2 aromatic carbocycles. The van der Waals surface area contributed by atoms with Crippen molar-refractivity contribution in [2.75, 3.05) is 7.11 Å². The lowest BCUT2D eigenvalue weighted by Gasteiger charge is -2.08. The van der Waals surface area contributed by atoms with Crippen LogP contribution in [-0.2, 0) is 6.42 Å². The van der Waals surface area contributed by atoms with E-state index >= 15 is 0 Å². The van der Waals surface area contributed by atoms with E-state index in [4.69, 9.17) is 16.3 Å². The molecule has 0 unspecified atom stereocenters. The smallest absolute Gasteiger partial charge is 0.171 e. The van der Waals surface area contributed by atoms with Gasteiger partial charge in [0.05, 0.1) is 12.7 Å². The zero-order valence-corrected chi connectivity index (χ0v) is 11.4. The molecule has 2 rings (SSSR count). The molecule has 0 N–H and O–H groups in total. The van der Waals surface area contributed by atoms with Crippen LogP contribution in [0.25, 0.3) is 0 Å². The summed E-state index contributed by atoms with van der Waals surface area (Å²) in [5.74, 6) is -1.43. The summed E-state index contributed by atoms with van der Waals surface area (Å²) in [5.41, 5.74) is 0.439. The summed E-state index contributed by atoms with van der Waals surface area (Å²) in [5, 5.41) is 0.436. The summed E-state index contributed by atoms with van der Waals surface area (Å²) in [6.07, 6.45) is -0.176. The first kappa shape index (κ1) is 14.5. The maximum Gasteiger partial charge on any atom is 0.171 e. The Labute approximate surface area is 119 Å². The highest BCUT2D eigenvalue weighted by Crippen LogP contribution is 2.25. The molecule has 0 radical (unpaired) electrons. The number of ether oxygens (including phenoxy) is 1. The third kappa shape index (κ3) is 3.14. The van der Waals surface area contributed by atoms with Gasteiger partial charge in [0.25, 0.3) is 0 Å². The Hall–Kier alpha value is -1.94. The Balaban J connectivity index is 2.28. The van der Waals surface area contributed by atoms with Crippen molar-refractivity contribution in [2.45, 2.75) is 6.42 Å². The Morgan fingerprint density at radius 3 is 2.60 bits per heavy atom. The number of hydrogen-bond donors (Lipinski definition) is 0. The molecule has 0 aliphatic carbocycles. The molecule has 0 saturated heterocycles. The molecular formula is C15H11ClF2O2. The summed E-state index contributed by atoms with van der Waals surface area (Å²) in [7, 11) is 1.42. The highest BCUT2D eigenvalue weighted by molar-refractivity contribution is 6.30. The van der Waals surface area contributed by atoms with Gasteiger partial charge in [-0.15, -0.1) is 0 Å². The first-order chi connectivity index (χ1) is 9.51. The topological polar surface area (TPSA) is 26.3 Å². The van der Waals surface area contributed by atoms with Gasteiger partial charge in [-0.3, -0.25) is 4.79 Å². The number of ketones is 1. The lowest BCUT2D eigenvalue weighted by Crippen LogP contribution is -2.07. The normalized spacial score (nSPS) is 10.4. The third-order valence-electron chi connectivity index (χ3n) is 2.83. The number of carbonyl (C=O) groups is 1. The van der Waals surface area contributed by atoms with Crippen LogP contribution in [-0.4, -0.2) is 12.9 Å². The number of benzene rings is 2. The van der Waals surface area contributed by atoms with E-state index < -0.39 is 11.6 Å². The van der Waals surface area contributed by atoms with Gasteiger partial charge in [-0.1, -0.05) is 17.7 Å². The zero-order chi connectivity index (χ0) is 14.7. The van der Waals surface area contributed by atoms with Crippen molar-refractivity contribution in [2.24, 2.45) is 0 Å². The van der Waals surface area contributed by atoms with Crippen LogP contribution in [0.15, 0.2) is 36.4 Å². The highest BCUT2D eigenvalue weighted by atomic mass is 35.5. The van der Waals surface area contributed by atoms with E-state index in [1.54, 1.807) is 6.07 Å². The molecule has 0 atom stereocenters. The van der Waals surface area contributed by atoms with Gasteiger partial charge in [-0.05, 0) is 29.8 Å². The lowest BCUT2D eigenvalue weighted by atomic mass is 10.0. The predicted molar refractivity (Wildman–Crippen MR) is 72.4 cm³/mol. The van der Waals surface area contributed by atoms with E-state index in [9.17, 15) is 13.6 Å². The zero-order valence-electron chi connectivity index (χ0n) is 10.6. The van der Waals surface area contributed by atoms with Crippen molar-refractivity contribution >= 4 is 17.4 Å². The predicted octanol–water partition coefficient (Wildman–Crippen LogP) is 4.05. The monoisotopic (exact) mass is 296 g/mol. The van der Waals surface area contributed by atoms with Crippen LogP contribution in [0.5, 0.6) is 5.75 Å². The largest absolute Gasteiger partial charge is 0.496 e. The van der Waals surface area contributed by atoms with Crippen LogP contribution in [0.2, 0.25) is 5.02 Å². The average molecular weight is 297 g/mol. The molecule has 104 valence electrons. The number of methoxy groups -OCH3 is 1. The van der Waals surface area contributed by atoms with Crippen LogP contribution in [0.4, 0.5) is 8.78 Å². The Kier molecular flexibility index (Phi) is 4.35. The minimum Gasteiger partial charge on any atom is -0.496 e. The minimum absolute atomic E-state index is 0.133. The van der Waals surface area contributed by atoms with Gasteiger partial charge in [0, 0.05) is 17.5 Å². The highest BCUT2D eigenvalue weighted by Gasteiger charge is 2.15. The molecule has 2 nitrogen and oxygen atoms in total. The summed E-state index contributed by atoms with van der Waals surface area (Å²) in [6, 6.07) is 7.70. The molecule has 20 heavy (non-hydrogen) atoms. The molecule has 0 saturated carbocycles. The molecule has 0 heterocycles. The van der Waals surface area contributed by atoms with Gasteiger partial charge in [-0.25, -0.2) is 8.78 Å². The quantitative estimate of drug-likeness (QED) is 0.796. The van der Waals surface area contributed by atoms with Crippen molar-refractivity contribution < 1.29 is 18.3 Å². The van der Waals surface area contributed by atoms with E-state index in [0.29, 0.717) is 16.3 Å². The maximum absolute atomic E-state index is 13.5. The molecule has 0 aliphatic heterocycles. The minimum atomic E-state index is -0.744. The summed E-state index contributed by atoms with van der Waals surface area (Å²) in [6.45, 7) is 0. The summed E-state index contributed by atoms with van der Waals surface area (Å²) in [4.78, 5) is 12.2.